The van der Waals surface area contributed by atoms with Gasteiger partial charge in [0.1, 0.15) is 0 Å². The highest BCUT2D eigenvalue weighted by atomic mass is 16.3. The molecule has 1 N–H and O–H groups in total. The smallest absolute Gasteiger partial charge is 0.0443 e. The van der Waals surface area contributed by atoms with Gasteiger partial charge in [0.25, 0.3) is 0 Å². The van der Waals surface area contributed by atoms with Crippen molar-refractivity contribution >= 4 is 0 Å². The van der Waals surface area contributed by atoms with Gasteiger partial charge in [-0.3, -0.25) is 4.90 Å². The average molecular weight is 297 g/mol. The summed E-state index contributed by atoms with van der Waals surface area (Å²) in [6.07, 6.45) is 3.12. The molecule has 0 amide bonds. The van der Waals surface area contributed by atoms with Crippen molar-refractivity contribution in [2.24, 2.45) is 0 Å². The molecule has 0 aliphatic heterocycles. The molecular formula is C20H27NO. The SMILES string of the molecule is CCCC(c1ccccc1)N(CCCO)Cc1ccccc1. The summed E-state index contributed by atoms with van der Waals surface area (Å²) >= 11 is 0. The molecule has 22 heavy (non-hydrogen) atoms. The topological polar surface area (TPSA) is 23.5 Å². The molecular weight excluding hydrogens is 270 g/mol. The average Bonchev–Trinajstić information content (AvgIpc) is 2.58. The number of hydrogen-bond donors (Lipinski definition) is 1. The van der Waals surface area contributed by atoms with Crippen molar-refractivity contribution < 1.29 is 5.11 Å². The third-order valence-corrected chi connectivity index (χ3v) is 4.02. The van der Waals surface area contributed by atoms with Gasteiger partial charge in [0.05, 0.1) is 0 Å². The summed E-state index contributed by atoms with van der Waals surface area (Å²) in [6.45, 7) is 4.34. The van der Waals surface area contributed by atoms with Crippen molar-refractivity contribution in [1.29, 1.82) is 0 Å². The molecule has 0 fully saturated rings. The normalized spacial score (nSPS) is 12.5. The second kappa shape index (κ2) is 9.39. The van der Waals surface area contributed by atoms with E-state index in [-0.39, 0.29) is 6.61 Å². The Hall–Kier alpha value is -1.64. The molecule has 2 heteroatoms. The fourth-order valence-corrected chi connectivity index (χ4v) is 2.95. The Morgan fingerprint density at radius 3 is 2.18 bits per heavy atom. The van der Waals surface area contributed by atoms with Crippen molar-refractivity contribution in [1.82, 2.24) is 4.90 Å². The third kappa shape index (κ3) is 4.97. The Balaban J connectivity index is 2.19. The number of rotatable bonds is 9. The zero-order chi connectivity index (χ0) is 15.6. The van der Waals surface area contributed by atoms with Crippen LogP contribution in [0.3, 0.4) is 0 Å². The highest BCUT2D eigenvalue weighted by Gasteiger charge is 2.19. The lowest BCUT2D eigenvalue weighted by molar-refractivity contribution is 0.158. The van der Waals surface area contributed by atoms with Gasteiger partial charge in [-0.2, -0.15) is 0 Å². The van der Waals surface area contributed by atoms with E-state index in [1.54, 1.807) is 0 Å². The quantitative estimate of drug-likeness (QED) is 0.741. The standard InChI is InChI=1S/C20H27NO/c1-2-10-20(19-13-7-4-8-14-19)21(15-9-16-22)17-18-11-5-3-6-12-18/h3-8,11-14,20,22H,2,9-10,15-17H2,1H3. The molecule has 2 nitrogen and oxygen atoms in total. The summed E-state index contributed by atoms with van der Waals surface area (Å²) < 4.78 is 0. The van der Waals surface area contributed by atoms with Crippen molar-refractivity contribution in [2.75, 3.05) is 13.2 Å². The predicted molar refractivity (Wildman–Crippen MR) is 92.6 cm³/mol. The van der Waals surface area contributed by atoms with Crippen LogP contribution in [-0.2, 0) is 6.54 Å². The van der Waals surface area contributed by atoms with E-state index in [9.17, 15) is 5.11 Å². The molecule has 0 heterocycles. The van der Waals surface area contributed by atoms with Gasteiger partial charge in [-0.15, -0.1) is 0 Å². The van der Waals surface area contributed by atoms with E-state index in [0.29, 0.717) is 6.04 Å². The third-order valence-electron chi connectivity index (χ3n) is 4.02. The van der Waals surface area contributed by atoms with Gasteiger partial charge in [0.2, 0.25) is 0 Å². The molecule has 2 rings (SSSR count). The summed E-state index contributed by atoms with van der Waals surface area (Å²) in [4.78, 5) is 2.50. The molecule has 0 saturated carbocycles. The van der Waals surface area contributed by atoms with Crippen LogP contribution in [0.5, 0.6) is 0 Å². The molecule has 0 aliphatic rings. The van der Waals surface area contributed by atoms with E-state index in [4.69, 9.17) is 0 Å². The van der Waals surface area contributed by atoms with Crippen LogP contribution >= 0.6 is 0 Å². The first kappa shape index (κ1) is 16.7. The minimum Gasteiger partial charge on any atom is -0.396 e. The van der Waals surface area contributed by atoms with Crippen LogP contribution in [0.4, 0.5) is 0 Å². The minimum atomic E-state index is 0.249. The van der Waals surface area contributed by atoms with E-state index >= 15 is 0 Å². The first-order chi connectivity index (χ1) is 10.8. The van der Waals surface area contributed by atoms with Gasteiger partial charge in [-0.1, -0.05) is 74.0 Å². The van der Waals surface area contributed by atoms with Gasteiger partial charge in [0.15, 0.2) is 0 Å². The molecule has 1 unspecified atom stereocenters. The summed E-state index contributed by atoms with van der Waals surface area (Å²) in [5.74, 6) is 0. The van der Waals surface area contributed by atoms with Crippen LogP contribution in [0.25, 0.3) is 0 Å². The highest BCUT2D eigenvalue weighted by Crippen LogP contribution is 2.27. The second-order valence-corrected chi connectivity index (χ2v) is 5.75. The molecule has 2 aromatic carbocycles. The van der Waals surface area contributed by atoms with Crippen LogP contribution in [0.15, 0.2) is 60.7 Å². The number of nitrogens with zero attached hydrogens (tertiary/aromatic N) is 1. The Bertz CT molecular complexity index is 512. The van der Waals surface area contributed by atoms with Crippen molar-refractivity contribution in [3.05, 3.63) is 71.8 Å². The Labute approximate surface area is 134 Å². The van der Waals surface area contributed by atoms with Crippen LogP contribution in [0.1, 0.15) is 43.4 Å². The van der Waals surface area contributed by atoms with Crippen LogP contribution in [0, 0.1) is 0 Å². The van der Waals surface area contributed by atoms with Gasteiger partial charge in [-0.25, -0.2) is 0 Å². The van der Waals surface area contributed by atoms with Crippen molar-refractivity contribution in [3.63, 3.8) is 0 Å². The molecule has 0 saturated heterocycles. The molecule has 1 atom stereocenters. The lowest BCUT2D eigenvalue weighted by Gasteiger charge is -2.32. The Kier molecular flexibility index (Phi) is 7.14. The molecule has 0 aliphatic carbocycles. The highest BCUT2D eigenvalue weighted by molar-refractivity contribution is 5.20. The summed E-state index contributed by atoms with van der Waals surface area (Å²) in [6, 6.07) is 21.8. The van der Waals surface area contributed by atoms with E-state index in [0.717, 1.165) is 32.4 Å². The predicted octanol–water partition coefficient (Wildman–Crippen LogP) is 4.41. The molecule has 0 spiro atoms. The number of benzene rings is 2. The summed E-state index contributed by atoms with van der Waals surface area (Å²) in [5, 5.41) is 9.24. The molecule has 0 bridgehead atoms. The second-order valence-electron chi connectivity index (χ2n) is 5.75. The molecule has 0 aromatic heterocycles. The largest absolute Gasteiger partial charge is 0.396 e. The summed E-state index contributed by atoms with van der Waals surface area (Å²) in [5.41, 5.74) is 2.70. The van der Waals surface area contributed by atoms with Gasteiger partial charge in [-0.05, 0) is 24.0 Å². The maximum absolute atomic E-state index is 9.24. The lowest BCUT2D eigenvalue weighted by Crippen LogP contribution is -2.30. The van der Waals surface area contributed by atoms with Crippen molar-refractivity contribution in [3.8, 4) is 0 Å². The summed E-state index contributed by atoms with van der Waals surface area (Å²) in [7, 11) is 0. The van der Waals surface area contributed by atoms with Crippen molar-refractivity contribution in [2.45, 2.75) is 38.8 Å². The molecule has 118 valence electrons. The fraction of sp³-hybridized carbons (Fsp3) is 0.400. The maximum atomic E-state index is 9.24. The van der Waals surface area contributed by atoms with Crippen LogP contribution < -0.4 is 0 Å². The number of hydrogen-bond acceptors (Lipinski definition) is 2. The minimum absolute atomic E-state index is 0.249. The van der Waals surface area contributed by atoms with Crippen LogP contribution in [0.2, 0.25) is 0 Å². The Morgan fingerprint density at radius 2 is 1.59 bits per heavy atom. The van der Waals surface area contributed by atoms with Gasteiger partial charge >= 0.3 is 0 Å². The molecule has 0 radical (unpaired) electrons. The van der Waals surface area contributed by atoms with Crippen LogP contribution in [-0.4, -0.2) is 23.2 Å². The first-order valence-electron chi connectivity index (χ1n) is 8.29. The van der Waals surface area contributed by atoms with E-state index in [1.807, 2.05) is 0 Å². The lowest BCUT2D eigenvalue weighted by atomic mass is 9.99. The zero-order valence-electron chi connectivity index (χ0n) is 13.5. The molecule has 2 aromatic rings. The Morgan fingerprint density at radius 1 is 0.955 bits per heavy atom. The number of aliphatic hydroxyl groups excluding tert-OH is 1. The zero-order valence-corrected chi connectivity index (χ0v) is 13.5. The van der Waals surface area contributed by atoms with E-state index in [1.165, 1.54) is 11.1 Å². The maximum Gasteiger partial charge on any atom is 0.0443 e. The first-order valence-corrected chi connectivity index (χ1v) is 8.29. The van der Waals surface area contributed by atoms with E-state index in [2.05, 4.69) is 72.5 Å². The fourth-order valence-electron chi connectivity index (χ4n) is 2.95. The monoisotopic (exact) mass is 297 g/mol. The van der Waals surface area contributed by atoms with E-state index < -0.39 is 0 Å². The van der Waals surface area contributed by atoms with Gasteiger partial charge < -0.3 is 5.11 Å². The van der Waals surface area contributed by atoms with Gasteiger partial charge in [0, 0.05) is 25.7 Å². The number of aliphatic hydroxyl groups is 1.